The SMILES string of the molecule is O=[C]C1(c2ccco2)CCCO1. The van der Waals surface area contributed by atoms with Crippen LogP contribution in [-0.4, -0.2) is 12.9 Å². The normalized spacial score (nSPS) is 29.0. The van der Waals surface area contributed by atoms with Crippen molar-refractivity contribution in [2.24, 2.45) is 0 Å². The summed E-state index contributed by atoms with van der Waals surface area (Å²) in [5.74, 6) is 0.565. The third kappa shape index (κ3) is 0.975. The molecule has 2 rings (SSSR count). The molecule has 1 aromatic rings. The molecule has 3 heteroatoms. The van der Waals surface area contributed by atoms with Gasteiger partial charge in [0.05, 0.1) is 6.26 Å². The minimum absolute atomic E-state index is 0.565. The summed E-state index contributed by atoms with van der Waals surface area (Å²) in [5.41, 5.74) is -0.913. The Bertz CT molecular complexity index is 257. The van der Waals surface area contributed by atoms with Gasteiger partial charge in [0.1, 0.15) is 5.76 Å². The summed E-state index contributed by atoms with van der Waals surface area (Å²) >= 11 is 0. The predicted octanol–water partition coefficient (Wildman–Crippen LogP) is 1.39. The molecule has 0 saturated carbocycles. The highest BCUT2D eigenvalue weighted by Gasteiger charge is 2.40. The average Bonchev–Trinajstić information content (AvgIpc) is 2.76. The zero-order valence-electron chi connectivity index (χ0n) is 6.58. The molecule has 0 aliphatic carbocycles. The van der Waals surface area contributed by atoms with E-state index in [1.165, 1.54) is 6.26 Å². The van der Waals surface area contributed by atoms with Gasteiger partial charge in [0.2, 0.25) is 6.29 Å². The molecule has 63 valence electrons. The maximum Gasteiger partial charge on any atom is 0.241 e. The van der Waals surface area contributed by atoms with Gasteiger partial charge in [-0.05, 0) is 25.0 Å². The highest BCUT2D eigenvalue weighted by Crippen LogP contribution is 2.34. The fourth-order valence-electron chi connectivity index (χ4n) is 1.47. The van der Waals surface area contributed by atoms with E-state index in [1.54, 1.807) is 12.1 Å². The first kappa shape index (κ1) is 7.55. The Kier molecular flexibility index (Phi) is 1.73. The number of furan rings is 1. The lowest BCUT2D eigenvalue weighted by atomic mass is 9.99. The van der Waals surface area contributed by atoms with Crippen LogP contribution in [0.5, 0.6) is 0 Å². The average molecular weight is 165 g/mol. The predicted molar refractivity (Wildman–Crippen MR) is 41.3 cm³/mol. The molecule has 1 unspecified atom stereocenters. The molecule has 1 radical (unpaired) electrons. The van der Waals surface area contributed by atoms with Crippen molar-refractivity contribution in [3.63, 3.8) is 0 Å². The second-order valence-electron chi connectivity index (χ2n) is 2.86. The Morgan fingerprint density at radius 1 is 1.58 bits per heavy atom. The molecule has 0 amide bonds. The summed E-state index contributed by atoms with van der Waals surface area (Å²) in [4.78, 5) is 10.7. The molecule has 0 N–H and O–H groups in total. The van der Waals surface area contributed by atoms with Crippen molar-refractivity contribution in [2.45, 2.75) is 18.4 Å². The Balaban J connectivity index is 2.34. The lowest BCUT2D eigenvalue weighted by Gasteiger charge is -2.16. The van der Waals surface area contributed by atoms with Crippen LogP contribution in [-0.2, 0) is 15.1 Å². The van der Waals surface area contributed by atoms with Gasteiger partial charge in [-0.25, -0.2) is 0 Å². The lowest BCUT2D eigenvalue weighted by Crippen LogP contribution is -2.25. The maximum absolute atomic E-state index is 10.7. The molecular formula is C9H9O3. The van der Waals surface area contributed by atoms with Crippen molar-refractivity contribution in [3.05, 3.63) is 24.2 Å². The molecule has 1 aliphatic heterocycles. The number of hydrogen-bond donors (Lipinski definition) is 0. The topological polar surface area (TPSA) is 39.4 Å². The monoisotopic (exact) mass is 165 g/mol. The van der Waals surface area contributed by atoms with Crippen LogP contribution in [0.2, 0.25) is 0 Å². The van der Waals surface area contributed by atoms with Crippen LogP contribution in [0.15, 0.2) is 22.8 Å². The number of ether oxygens (including phenoxy) is 1. The first-order valence-electron chi connectivity index (χ1n) is 3.95. The van der Waals surface area contributed by atoms with E-state index in [1.807, 2.05) is 6.29 Å². The molecule has 0 spiro atoms. The van der Waals surface area contributed by atoms with E-state index in [0.29, 0.717) is 18.8 Å². The van der Waals surface area contributed by atoms with Gasteiger partial charge < -0.3 is 9.15 Å². The van der Waals surface area contributed by atoms with Crippen molar-refractivity contribution in [1.82, 2.24) is 0 Å². The summed E-state index contributed by atoms with van der Waals surface area (Å²) in [6, 6.07) is 3.49. The maximum atomic E-state index is 10.7. The summed E-state index contributed by atoms with van der Waals surface area (Å²) in [6.07, 6.45) is 5.01. The smallest absolute Gasteiger partial charge is 0.241 e. The minimum atomic E-state index is -0.913. The second kappa shape index (κ2) is 2.75. The zero-order chi connectivity index (χ0) is 8.44. The fourth-order valence-corrected chi connectivity index (χ4v) is 1.47. The van der Waals surface area contributed by atoms with Crippen molar-refractivity contribution in [1.29, 1.82) is 0 Å². The third-order valence-corrected chi connectivity index (χ3v) is 2.11. The standard InChI is InChI=1S/C9H9O3/c10-7-9(4-2-6-12-9)8-3-1-5-11-8/h1,3,5H,2,4,6H2. The van der Waals surface area contributed by atoms with Gasteiger partial charge in [0, 0.05) is 6.61 Å². The van der Waals surface area contributed by atoms with Gasteiger partial charge >= 0.3 is 0 Å². The molecule has 1 aliphatic rings. The van der Waals surface area contributed by atoms with E-state index < -0.39 is 5.60 Å². The van der Waals surface area contributed by atoms with Crippen molar-refractivity contribution in [3.8, 4) is 0 Å². The van der Waals surface area contributed by atoms with E-state index in [0.717, 1.165) is 6.42 Å². The summed E-state index contributed by atoms with van der Waals surface area (Å²) in [5, 5.41) is 0. The van der Waals surface area contributed by atoms with E-state index in [-0.39, 0.29) is 0 Å². The highest BCUT2D eigenvalue weighted by atomic mass is 16.5. The van der Waals surface area contributed by atoms with E-state index in [4.69, 9.17) is 9.15 Å². The first-order chi connectivity index (χ1) is 5.87. The summed E-state index contributed by atoms with van der Waals surface area (Å²) in [7, 11) is 0. The van der Waals surface area contributed by atoms with Crippen LogP contribution in [0.4, 0.5) is 0 Å². The zero-order valence-corrected chi connectivity index (χ0v) is 6.58. The van der Waals surface area contributed by atoms with Crippen LogP contribution in [0, 0.1) is 0 Å². The van der Waals surface area contributed by atoms with Crippen LogP contribution in [0.25, 0.3) is 0 Å². The fraction of sp³-hybridized carbons (Fsp3) is 0.444. The summed E-state index contributed by atoms with van der Waals surface area (Å²) < 4.78 is 10.4. The van der Waals surface area contributed by atoms with E-state index in [9.17, 15) is 4.79 Å². The van der Waals surface area contributed by atoms with E-state index in [2.05, 4.69) is 0 Å². The van der Waals surface area contributed by atoms with Gasteiger partial charge in [0.15, 0.2) is 5.60 Å². The quantitative estimate of drug-likeness (QED) is 0.664. The second-order valence-corrected chi connectivity index (χ2v) is 2.86. The van der Waals surface area contributed by atoms with Gasteiger partial charge in [-0.3, -0.25) is 4.79 Å². The van der Waals surface area contributed by atoms with Crippen LogP contribution >= 0.6 is 0 Å². The van der Waals surface area contributed by atoms with Gasteiger partial charge in [-0.2, -0.15) is 0 Å². The van der Waals surface area contributed by atoms with Gasteiger partial charge in [-0.15, -0.1) is 0 Å². The molecule has 1 atom stereocenters. The molecule has 1 fully saturated rings. The Morgan fingerprint density at radius 3 is 3.00 bits per heavy atom. The first-order valence-corrected chi connectivity index (χ1v) is 3.95. The lowest BCUT2D eigenvalue weighted by molar-refractivity contribution is 0.0398. The Hall–Kier alpha value is -1.09. The highest BCUT2D eigenvalue weighted by molar-refractivity contribution is 5.65. The molecule has 1 aromatic heterocycles. The molecule has 0 bridgehead atoms. The number of hydrogen-bond acceptors (Lipinski definition) is 3. The molecular weight excluding hydrogens is 156 g/mol. The molecule has 3 nitrogen and oxygen atoms in total. The van der Waals surface area contributed by atoms with Gasteiger partial charge in [0.25, 0.3) is 0 Å². The van der Waals surface area contributed by atoms with Crippen molar-refractivity contribution in [2.75, 3.05) is 6.61 Å². The van der Waals surface area contributed by atoms with Crippen LogP contribution < -0.4 is 0 Å². The van der Waals surface area contributed by atoms with Gasteiger partial charge in [-0.1, -0.05) is 0 Å². The van der Waals surface area contributed by atoms with E-state index >= 15 is 0 Å². The third-order valence-electron chi connectivity index (χ3n) is 2.11. The Morgan fingerprint density at radius 2 is 2.50 bits per heavy atom. The molecule has 2 heterocycles. The van der Waals surface area contributed by atoms with Crippen molar-refractivity contribution < 1.29 is 13.9 Å². The summed E-state index contributed by atoms with van der Waals surface area (Å²) in [6.45, 7) is 0.607. The molecule has 0 aromatic carbocycles. The van der Waals surface area contributed by atoms with Crippen LogP contribution in [0.3, 0.4) is 0 Å². The number of carbonyl (C=O) groups excluding carboxylic acids is 1. The van der Waals surface area contributed by atoms with Crippen LogP contribution in [0.1, 0.15) is 18.6 Å². The van der Waals surface area contributed by atoms with Crippen molar-refractivity contribution >= 4 is 6.29 Å². The minimum Gasteiger partial charge on any atom is -0.466 e. The Labute approximate surface area is 70.3 Å². The molecule has 1 saturated heterocycles. The number of rotatable bonds is 2. The largest absolute Gasteiger partial charge is 0.466 e. The molecule has 12 heavy (non-hydrogen) atoms.